The second kappa shape index (κ2) is 10.1. The highest BCUT2D eigenvalue weighted by Gasteiger charge is 2.35. The summed E-state index contributed by atoms with van der Waals surface area (Å²) in [4.78, 5) is 33.7. The van der Waals surface area contributed by atoms with Gasteiger partial charge in [0.25, 0.3) is 5.91 Å². The van der Waals surface area contributed by atoms with Gasteiger partial charge in [-0.3, -0.25) is 9.59 Å². The van der Waals surface area contributed by atoms with Crippen molar-refractivity contribution in [3.05, 3.63) is 22.3 Å². The number of aliphatic hydroxyl groups excluding tert-OH is 1. The molecule has 0 unspecified atom stereocenters. The number of ether oxygens (including phenoxy) is 2. The van der Waals surface area contributed by atoms with Crippen LogP contribution in [0.25, 0.3) is 0 Å². The number of halogens is 1. The molecule has 1 aromatic heterocycles. The molecular formula is C21H30BrN3O5. The number of hydrogen-bond acceptors (Lipinski definition) is 6. The lowest BCUT2D eigenvalue weighted by Gasteiger charge is -2.38. The van der Waals surface area contributed by atoms with Gasteiger partial charge in [-0.05, 0) is 41.8 Å². The third-order valence-electron chi connectivity index (χ3n) is 5.89. The zero-order valence-electron chi connectivity index (χ0n) is 17.7. The second-order valence-corrected chi connectivity index (χ2v) is 9.15. The molecule has 1 aromatic rings. The van der Waals surface area contributed by atoms with Crippen molar-refractivity contribution in [2.45, 2.75) is 38.8 Å². The molecule has 30 heavy (non-hydrogen) atoms. The van der Waals surface area contributed by atoms with Crippen LogP contribution in [0.3, 0.4) is 0 Å². The Bertz CT molecular complexity index is 771. The van der Waals surface area contributed by atoms with Crippen LogP contribution in [-0.4, -0.2) is 83.8 Å². The Hall–Kier alpha value is -1.71. The first kappa shape index (κ1) is 23.0. The van der Waals surface area contributed by atoms with E-state index >= 15 is 0 Å². The summed E-state index contributed by atoms with van der Waals surface area (Å²) in [5.74, 6) is 0.0313. The highest BCUT2D eigenvalue weighted by Crippen LogP contribution is 2.29. The summed E-state index contributed by atoms with van der Waals surface area (Å²) in [6.45, 7) is 5.70. The van der Waals surface area contributed by atoms with Crippen LogP contribution in [0.5, 0.6) is 5.88 Å². The van der Waals surface area contributed by atoms with Crippen molar-refractivity contribution in [2.75, 3.05) is 40.0 Å². The van der Waals surface area contributed by atoms with Crippen LogP contribution < -0.4 is 4.74 Å². The number of aromatic nitrogens is 1. The van der Waals surface area contributed by atoms with E-state index < -0.39 is 0 Å². The van der Waals surface area contributed by atoms with Gasteiger partial charge in [0.2, 0.25) is 11.8 Å². The fourth-order valence-electron chi connectivity index (χ4n) is 3.91. The van der Waals surface area contributed by atoms with Gasteiger partial charge in [0.1, 0.15) is 11.7 Å². The van der Waals surface area contributed by atoms with Crippen LogP contribution in [0.15, 0.2) is 16.7 Å². The highest BCUT2D eigenvalue weighted by atomic mass is 79.9. The number of nitrogens with zero attached hydrogens (tertiary/aromatic N) is 3. The Morgan fingerprint density at radius 1 is 1.43 bits per heavy atom. The molecule has 8 nitrogen and oxygen atoms in total. The molecule has 1 N–H and O–H groups in total. The number of hydrogen-bond donors (Lipinski definition) is 1. The zero-order chi connectivity index (χ0) is 21.8. The van der Waals surface area contributed by atoms with Crippen LogP contribution >= 0.6 is 15.9 Å². The minimum atomic E-state index is -0.341. The molecule has 2 aliphatic heterocycles. The maximum atomic E-state index is 13.1. The quantitative estimate of drug-likeness (QED) is 0.687. The first-order chi connectivity index (χ1) is 14.3. The molecule has 0 bridgehead atoms. The van der Waals surface area contributed by atoms with E-state index in [1.807, 2.05) is 13.8 Å². The molecule has 0 radical (unpaired) electrons. The molecule has 166 valence electrons. The van der Waals surface area contributed by atoms with Crippen molar-refractivity contribution in [1.29, 1.82) is 0 Å². The number of likely N-dealkylation sites (N-methyl/N-ethyl adjacent to an activating group) is 1. The van der Waals surface area contributed by atoms with Crippen LogP contribution in [0.2, 0.25) is 0 Å². The van der Waals surface area contributed by atoms with Crippen molar-refractivity contribution in [1.82, 2.24) is 14.8 Å². The summed E-state index contributed by atoms with van der Waals surface area (Å²) >= 11 is 3.37. The lowest BCUT2D eigenvalue weighted by molar-refractivity contribution is -0.138. The van der Waals surface area contributed by atoms with Gasteiger partial charge in [0.15, 0.2) is 0 Å². The number of amides is 2. The molecule has 2 aliphatic rings. The number of pyridine rings is 1. The standard InChI is InChI=1S/C21H30BrN3O5/c1-13-10-25(14(2)12-26)21(28)17-8-16(22)9-23-19(17)30-18(13)11-24(3)20(27)15-4-6-29-7-5-15/h8-9,13-15,18,26H,4-7,10-12H2,1-3H3/t13-,14-,18+/m0/s1. The molecule has 1 saturated heterocycles. The van der Waals surface area contributed by atoms with Crippen LogP contribution in [-0.2, 0) is 9.53 Å². The van der Waals surface area contributed by atoms with E-state index in [1.54, 1.807) is 29.1 Å². The Balaban J connectivity index is 1.84. The van der Waals surface area contributed by atoms with Gasteiger partial charge in [-0.15, -0.1) is 0 Å². The molecular weight excluding hydrogens is 454 g/mol. The highest BCUT2D eigenvalue weighted by molar-refractivity contribution is 9.10. The van der Waals surface area contributed by atoms with Gasteiger partial charge in [-0.2, -0.15) is 0 Å². The van der Waals surface area contributed by atoms with Crippen molar-refractivity contribution < 1.29 is 24.2 Å². The smallest absolute Gasteiger partial charge is 0.259 e. The molecule has 3 atom stereocenters. The zero-order valence-corrected chi connectivity index (χ0v) is 19.3. The first-order valence-electron chi connectivity index (χ1n) is 10.4. The monoisotopic (exact) mass is 483 g/mol. The topological polar surface area (TPSA) is 92.2 Å². The van der Waals surface area contributed by atoms with E-state index in [0.29, 0.717) is 36.3 Å². The molecule has 0 spiro atoms. The van der Waals surface area contributed by atoms with Crippen LogP contribution in [0.4, 0.5) is 0 Å². The van der Waals surface area contributed by atoms with E-state index in [4.69, 9.17) is 9.47 Å². The average molecular weight is 484 g/mol. The molecule has 3 heterocycles. The summed E-state index contributed by atoms with van der Waals surface area (Å²) < 4.78 is 12.2. The third kappa shape index (κ3) is 5.12. The molecule has 0 aromatic carbocycles. The van der Waals surface area contributed by atoms with Gasteiger partial charge >= 0.3 is 0 Å². The average Bonchev–Trinajstić information content (AvgIpc) is 2.76. The Kier molecular flexibility index (Phi) is 7.70. The normalized spacial score (nSPS) is 23.8. The largest absolute Gasteiger partial charge is 0.472 e. The van der Waals surface area contributed by atoms with Crippen molar-refractivity contribution in [3.63, 3.8) is 0 Å². The minimum Gasteiger partial charge on any atom is -0.472 e. The van der Waals surface area contributed by atoms with E-state index in [0.717, 1.165) is 12.8 Å². The van der Waals surface area contributed by atoms with Gasteiger partial charge < -0.3 is 24.4 Å². The predicted molar refractivity (Wildman–Crippen MR) is 114 cm³/mol. The van der Waals surface area contributed by atoms with Gasteiger partial charge in [-0.1, -0.05) is 6.92 Å². The summed E-state index contributed by atoms with van der Waals surface area (Å²) in [6, 6.07) is 1.35. The van der Waals surface area contributed by atoms with Crippen molar-refractivity contribution in [3.8, 4) is 5.88 Å². The van der Waals surface area contributed by atoms with Crippen LogP contribution in [0, 0.1) is 11.8 Å². The maximum Gasteiger partial charge on any atom is 0.259 e. The summed E-state index contributed by atoms with van der Waals surface area (Å²) in [7, 11) is 1.79. The SMILES string of the molecule is C[C@H]1CN([C@@H](C)CO)C(=O)c2cc(Br)cnc2O[C@@H]1CN(C)C(=O)C1CCOCC1. The molecule has 9 heteroatoms. The fourth-order valence-corrected chi connectivity index (χ4v) is 4.24. The molecule has 2 amide bonds. The molecule has 0 saturated carbocycles. The third-order valence-corrected chi connectivity index (χ3v) is 6.32. The Labute approximate surface area is 185 Å². The van der Waals surface area contributed by atoms with Crippen molar-refractivity contribution >= 4 is 27.7 Å². The molecule has 1 fully saturated rings. The number of carbonyl (C=O) groups is 2. The van der Waals surface area contributed by atoms with Gasteiger partial charge in [-0.25, -0.2) is 4.98 Å². The van der Waals surface area contributed by atoms with E-state index in [1.165, 1.54) is 0 Å². The second-order valence-electron chi connectivity index (χ2n) is 8.23. The lowest BCUT2D eigenvalue weighted by Crippen LogP contribution is -2.51. The maximum absolute atomic E-state index is 13.1. The first-order valence-corrected chi connectivity index (χ1v) is 11.2. The Morgan fingerprint density at radius 2 is 2.13 bits per heavy atom. The number of rotatable bonds is 5. The van der Waals surface area contributed by atoms with Crippen molar-refractivity contribution in [2.24, 2.45) is 11.8 Å². The molecule has 3 rings (SSSR count). The summed E-state index contributed by atoms with van der Waals surface area (Å²) in [6.07, 6.45) is 2.72. The van der Waals surface area contributed by atoms with E-state index in [9.17, 15) is 14.7 Å². The number of aliphatic hydroxyl groups is 1. The van der Waals surface area contributed by atoms with E-state index in [-0.39, 0.29) is 48.3 Å². The summed E-state index contributed by atoms with van der Waals surface area (Å²) in [5.41, 5.74) is 0.347. The van der Waals surface area contributed by atoms with Crippen LogP contribution in [0.1, 0.15) is 37.0 Å². The molecule has 0 aliphatic carbocycles. The predicted octanol–water partition coefficient (Wildman–Crippen LogP) is 1.95. The van der Waals surface area contributed by atoms with Gasteiger partial charge in [0, 0.05) is 49.3 Å². The minimum absolute atomic E-state index is 0.0264. The number of carbonyl (C=O) groups excluding carboxylic acids is 2. The van der Waals surface area contributed by atoms with E-state index in [2.05, 4.69) is 20.9 Å². The van der Waals surface area contributed by atoms with Gasteiger partial charge in [0.05, 0.1) is 19.2 Å². The fraction of sp³-hybridized carbons (Fsp3) is 0.667. The summed E-state index contributed by atoms with van der Waals surface area (Å²) in [5, 5.41) is 9.67. The number of fused-ring (bicyclic) bond motifs is 1. The Morgan fingerprint density at radius 3 is 2.80 bits per heavy atom. The lowest BCUT2D eigenvalue weighted by atomic mass is 9.97.